The molecule has 1 rings (SSSR count). The second-order valence-corrected chi connectivity index (χ2v) is 7.14. The number of carbonyl (C=O) groups excluding carboxylic acids is 1. The van der Waals surface area contributed by atoms with Crippen molar-refractivity contribution in [2.45, 2.75) is 31.8 Å². The number of carbonyl (C=O) groups is 1. The van der Waals surface area contributed by atoms with E-state index in [1.54, 1.807) is 6.92 Å². The van der Waals surface area contributed by atoms with Gasteiger partial charge >= 0.3 is 5.97 Å². The fourth-order valence-corrected chi connectivity index (χ4v) is 3.18. The van der Waals surface area contributed by atoms with Crippen LogP contribution in [0.15, 0.2) is 18.3 Å². The molecule has 1 heterocycles. The van der Waals surface area contributed by atoms with E-state index in [1.807, 2.05) is 13.8 Å². The number of pyridine rings is 1. The lowest BCUT2D eigenvalue weighted by molar-refractivity contribution is 0.0600. The zero-order valence-electron chi connectivity index (χ0n) is 11.6. The SMILES string of the molecule is COC(=O)c1ccc(CS(=O)(=O)C(C)C(C)C)nc1. The van der Waals surface area contributed by atoms with Gasteiger partial charge in [-0.25, -0.2) is 13.2 Å². The molecule has 1 unspecified atom stereocenters. The molecule has 0 aliphatic carbocycles. The molecule has 0 bridgehead atoms. The summed E-state index contributed by atoms with van der Waals surface area (Å²) in [5, 5.41) is -0.422. The van der Waals surface area contributed by atoms with E-state index < -0.39 is 21.1 Å². The lowest BCUT2D eigenvalue weighted by Crippen LogP contribution is -2.25. The predicted octanol–water partition coefficient (Wildman–Crippen LogP) is 1.83. The van der Waals surface area contributed by atoms with Gasteiger partial charge in [0.15, 0.2) is 9.84 Å². The first-order valence-electron chi connectivity index (χ1n) is 6.02. The number of nitrogens with zero attached hydrogens (tertiary/aromatic N) is 1. The van der Waals surface area contributed by atoms with Crippen LogP contribution in [-0.4, -0.2) is 31.7 Å². The minimum atomic E-state index is -3.23. The molecule has 1 atom stereocenters. The van der Waals surface area contributed by atoms with Crippen LogP contribution in [0.1, 0.15) is 36.8 Å². The summed E-state index contributed by atoms with van der Waals surface area (Å²) in [6.45, 7) is 5.44. The summed E-state index contributed by atoms with van der Waals surface area (Å²) < 4.78 is 28.7. The number of hydrogen-bond acceptors (Lipinski definition) is 5. The molecule has 6 heteroatoms. The Hall–Kier alpha value is -1.43. The number of aromatic nitrogens is 1. The Kier molecular flexibility index (Phi) is 5.05. The second kappa shape index (κ2) is 6.14. The van der Waals surface area contributed by atoms with Crippen LogP contribution in [0, 0.1) is 5.92 Å². The number of ether oxygens (including phenoxy) is 1. The van der Waals surface area contributed by atoms with Crippen molar-refractivity contribution in [1.29, 1.82) is 0 Å². The van der Waals surface area contributed by atoms with E-state index in [2.05, 4.69) is 9.72 Å². The Bertz CT molecular complexity index is 534. The molecule has 106 valence electrons. The van der Waals surface area contributed by atoms with Gasteiger partial charge in [0, 0.05) is 6.20 Å². The van der Waals surface area contributed by atoms with Crippen molar-refractivity contribution in [2.75, 3.05) is 7.11 Å². The number of esters is 1. The minimum Gasteiger partial charge on any atom is -0.465 e. The van der Waals surface area contributed by atoms with Crippen molar-refractivity contribution in [1.82, 2.24) is 4.98 Å². The predicted molar refractivity (Wildman–Crippen MR) is 72.5 cm³/mol. The van der Waals surface area contributed by atoms with Gasteiger partial charge in [-0.3, -0.25) is 4.98 Å². The van der Waals surface area contributed by atoms with Gasteiger partial charge in [0.25, 0.3) is 0 Å². The van der Waals surface area contributed by atoms with E-state index in [-0.39, 0.29) is 11.7 Å². The maximum atomic E-state index is 12.1. The van der Waals surface area contributed by atoms with Gasteiger partial charge in [-0.05, 0) is 25.0 Å². The first-order chi connectivity index (χ1) is 8.77. The number of rotatable bonds is 5. The van der Waals surface area contributed by atoms with Crippen molar-refractivity contribution in [2.24, 2.45) is 5.92 Å². The highest BCUT2D eigenvalue weighted by atomic mass is 32.2. The van der Waals surface area contributed by atoms with E-state index >= 15 is 0 Å². The van der Waals surface area contributed by atoms with Crippen molar-refractivity contribution in [3.05, 3.63) is 29.6 Å². The Balaban J connectivity index is 2.87. The zero-order valence-corrected chi connectivity index (χ0v) is 12.4. The third kappa shape index (κ3) is 4.02. The van der Waals surface area contributed by atoms with Crippen LogP contribution in [0.5, 0.6) is 0 Å². The zero-order chi connectivity index (χ0) is 14.6. The second-order valence-electron chi connectivity index (χ2n) is 4.79. The van der Waals surface area contributed by atoms with Gasteiger partial charge < -0.3 is 4.74 Å². The van der Waals surface area contributed by atoms with Crippen molar-refractivity contribution >= 4 is 15.8 Å². The molecule has 0 saturated heterocycles. The van der Waals surface area contributed by atoms with Gasteiger partial charge in [0.05, 0.1) is 29.4 Å². The normalized spacial score (nSPS) is 13.3. The van der Waals surface area contributed by atoms with Crippen LogP contribution >= 0.6 is 0 Å². The molecule has 0 saturated carbocycles. The molecule has 1 aromatic heterocycles. The highest BCUT2D eigenvalue weighted by molar-refractivity contribution is 7.91. The first-order valence-corrected chi connectivity index (χ1v) is 7.74. The summed E-state index contributed by atoms with van der Waals surface area (Å²) in [6.07, 6.45) is 1.33. The van der Waals surface area contributed by atoms with Crippen LogP contribution in [0.2, 0.25) is 0 Å². The average molecular weight is 285 g/mol. The monoisotopic (exact) mass is 285 g/mol. The van der Waals surface area contributed by atoms with E-state index in [0.29, 0.717) is 11.3 Å². The third-order valence-corrected chi connectivity index (χ3v) is 5.48. The van der Waals surface area contributed by atoms with E-state index in [0.717, 1.165) is 0 Å². The minimum absolute atomic E-state index is 0.0549. The number of methoxy groups -OCH3 is 1. The molecule has 0 spiro atoms. The topological polar surface area (TPSA) is 73.3 Å². The summed E-state index contributed by atoms with van der Waals surface area (Å²) in [5.74, 6) is -0.551. The molecule has 1 aromatic rings. The van der Waals surface area contributed by atoms with Crippen LogP contribution in [0.25, 0.3) is 0 Å². The van der Waals surface area contributed by atoms with Crippen LogP contribution < -0.4 is 0 Å². The molecule has 5 nitrogen and oxygen atoms in total. The van der Waals surface area contributed by atoms with Crippen LogP contribution in [0.4, 0.5) is 0 Å². The Morgan fingerprint density at radius 1 is 1.32 bits per heavy atom. The van der Waals surface area contributed by atoms with Gasteiger partial charge in [-0.2, -0.15) is 0 Å². The van der Waals surface area contributed by atoms with Crippen molar-refractivity contribution < 1.29 is 17.9 Å². The van der Waals surface area contributed by atoms with E-state index in [1.165, 1.54) is 25.4 Å². The molecule has 0 N–H and O–H groups in total. The summed E-state index contributed by atoms with van der Waals surface area (Å²) in [6, 6.07) is 3.06. The number of sulfone groups is 1. The third-order valence-electron chi connectivity index (χ3n) is 3.10. The fraction of sp³-hybridized carbons (Fsp3) is 0.538. The molecule has 0 amide bonds. The Morgan fingerprint density at radius 2 is 1.95 bits per heavy atom. The lowest BCUT2D eigenvalue weighted by Gasteiger charge is -2.16. The largest absolute Gasteiger partial charge is 0.465 e. The van der Waals surface area contributed by atoms with E-state index in [4.69, 9.17) is 0 Å². The van der Waals surface area contributed by atoms with Gasteiger partial charge in [-0.15, -0.1) is 0 Å². The summed E-state index contributed by atoms with van der Waals surface area (Å²) >= 11 is 0. The Morgan fingerprint density at radius 3 is 2.37 bits per heavy atom. The Labute approximate surface area is 113 Å². The standard InChI is InChI=1S/C13H19NO4S/c1-9(2)10(3)19(16,17)8-12-6-5-11(7-14-12)13(15)18-4/h5-7,9-10H,8H2,1-4H3. The summed E-state index contributed by atoms with van der Waals surface area (Å²) in [5.41, 5.74) is 0.737. The fourth-order valence-electron chi connectivity index (χ4n) is 1.50. The van der Waals surface area contributed by atoms with Gasteiger partial charge in [0.1, 0.15) is 0 Å². The maximum absolute atomic E-state index is 12.1. The molecular formula is C13H19NO4S. The van der Waals surface area contributed by atoms with Gasteiger partial charge in [-0.1, -0.05) is 13.8 Å². The van der Waals surface area contributed by atoms with E-state index in [9.17, 15) is 13.2 Å². The molecular weight excluding hydrogens is 266 g/mol. The van der Waals surface area contributed by atoms with Gasteiger partial charge in [0.2, 0.25) is 0 Å². The molecule has 0 radical (unpaired) electrons. The molecule has 0 aliphatic heterocycles. The van der Waals surface area contributed by atoms with Crippen molar-refractivity contribution in [3.63, 3.8) is 0 Å². The quantitative estimate of drug-likeness (QED) is 0.772. The summed E-state index contributed by atoms with van der Waals surface area (Å²) in [7, 11) is -1.95. The smallest absolute Gasteiger partial charge is 0.339 e. The molecule has 19 heavy (non-hydrogen) atoms. The first kappa shape index (κ1) is 15.6. The van der Waals surface area contributed by atoms with Crippen LogP contribution in [0.3, 0.4) is 0 Å². The summed E-state index contributed by atoms with van der Waals surface area (Å²) in [4.78, 5) is 15.2. The van der Waals surface area contributed by atoms with Crippen molar-refractivity contribution in [3.8, 4) is 0 Å². The highest BCUT2D eigenvalue weighted by Crippen LogP contribution is 2.16. The number of hydrogen-bond donors (Lipinski definition) is 0. The van der Waals surface area contributed by atoms with Crippen LogP contribution in [-0.2, 0) is 20.3 Å². The highest BCUT2D eigenvalue weighted by Gasteiger charge is 2.24. The lowest BCUT2D eigenvalue weighted by atomic mass is 10.2. The molecule has 0 aliphatic rings. The maximum Gasteiger partial charge on any atom is 0.339 e. The molecule has 0 aromatic carbocycles. The molecule has 0 fully saturated rings. The average Bonchev–Trinajstić information content (AvgIpc) is 2.37.